The summed E-state index contributed by atoms with van der Waals surface area (Å²) < 4.78 is 5.44. The van der Waals surface area contributed by atoms with Gasteiger partial charge in [-0.1, -0.05) is 49.1 Å². The Balaban J connectivity index is 1.93. The van der Waals surface area contributed by atoms with Crippen molar-refractivity contribution in [3.8, 4) is 5.75 Å². The topological polar surface area (TPSA) is 21.3 Å². The lowest BCUT2D eigenvalue weighted by molar-refractivity contribution is 0.340. The summed E-state index contributed by atoms with van der Waals surface area (Å²) in [7, 11) is -1.19. The van der Waals surface area contributed by atoms with Gasteiger partial charge in [0.1, 0.15) is 5.75 Å². The summed E-state index contributed by atoms with van der Waals surface area (Å²) in [5, 5.41) is 4.95. The Bertz CT molecular complexity index is 555. The molecule has 21 heavy (non-hydrogen) atoms. The molecule has 3 heteroatoms. The summed E-state index contributed by atoms with van der Waals surface area (Å²) in [6.07, 6.45) is 0. The SMILES string of the molecule is CCOc1ccc(NCc2ccc([Si](C)(C)C)cc2)cc1. The van der Waals surface area contributed by atoms with E-state index in [0.29, 0.717) is 6.61 Å². The highest BCUT2D eigenvalue weighted by Crippen LogP contribution is 2.16. The van der Waals surface area contributed by atoms with Crippen LogP contribution in [0.3, 0.4) is 0 Å². The minimum absolute atomic E-state index is 0.705. The van der Waals surface area contributed by atoms with Gasteiger partial charge in [0.25, 0.3) is 0 Å². The lowest BCUT2D eigenvalue weighted by atomic mass is 10.2. The van der Waals surface area contributed by atoms with Gasteiger partial charge in [-0.25, -0.2) is 0 Å². The number of hydrogen-bond acceptors (Lipinski definition) is 2. The second-order valence-electron chi connectivity index (χ2n) is 6.26. The molecule has 0 unspecified atom stereocenters. The first kappa shape index (κ1) is 15.6. The number of benzene rings is 2. The van der Waals surface area contributed by atoms with Crippen molar-refractivity contribution >= 4 is 18.9 Å². The summed E-state index contributed by atoms with van der Waals surface area (Å²) in [6.45, 7) is 10.7. The number of hydrogen-bond donors (Lipinski definition) is 1. The fourth-order valence-corrected chi connectivity index (χ4v) is 3.33. The largest absolute Gasteiger partial charge is 0.494 e. The van der Waals surface area contributed by atoms with Crippen LogP contribution in [0, 0.1) is 0 Å². The maximum atomic E-state index is 5.44. The first-order valence-corrected chi connectivity index (χ1v) is 11.0. The quantitative estimate of drug-likeness (QED) is 0.805. The second kappa shape index (κ2) is 6.81. The molecule has 0 aliphatic rings. The predicted octanol–water partition coefficient (Wildman–Crippen LogP) is 4.24. The average molecular weight is 299 g/mol. The minimum atomic E-state index is -1.19. The summed E-state index contributed by atoms with van der Waals surface area (Å²) in [6, 6.07) is 17.1. The molecule has 0 aromatic heterocycles. The van der Waals surface area contributed by atoms with E-state index in [9.17, 15) is 0 Å². The second-order valence-corrected chi connectivity index (χ2v) is 11.3. The molecule has 1 N–H and O–H groups in total. The zero-order valence-electron chi connectivity index (χ0n) is 13.4. The molecule has 0 bridgehead atoms. The van der Waals surface area contributed by atoms with Gasteiger partial charge in [0.05, 0.1) is 14.7 Å². The molecule has 0 saturated carbocycles. The Morgan fingerprint density at radius 2 is 1.52 bits per heavy atom. The molecule has 112 valence electrons. The highest BCUT2D eigenvalue weighted by Gasteiger charge is 2.15. The molecule has 0 aliphatic carbocycles. The highest BCUT2D eigenvalue weighted by atomic mass is 28.3. The Kier molecular flexibility index (Phi) is 5.07. The zero-order chi connectivity index (χ0) is 15.3. The highest BCUT2D eigenvalue weighted by molar-refractivity contribution is 6.88. The molecule has 2 nitrogen and oxygen atoms in total. The molecule has 0 fully saturated rings. The van der Waals surface area contributed by atoms with Crippen LogP contribution in [0.2, 0.25) is 19.6 Å². The molecule has 0 heterocycles. The van der Waals surface area contributed by atoms with Crippen molar-refractivity contribution in [2.75, 3.05) is 11.9 Å². The summed E-state index contributed by atoms with van der Waals surface area (Å²) in [5.41, 5.74) is 2.43. The molecule has 2 rings (SSSR count). The van der Waals surface area contributed by atoms with Crippen LogP contribution in [0.5, 0.6) is 5.75 Å². The maximum absolute atomic E-state index is 5.44. The van der Waals surface area contributed by atoms with Crippen LogP contribution in [-0.4, -0.2) is 14.7 Å². The van der Waals surface area contributed by atoms with E-state index in [1.54, 1.807) is 0 Å². The average Bonchev–Trinajstić information content (AvgIpc) is 2.46. The van der Waals surface area contributed by atoms with Gasteiger partial charge in [0, 0.05) is 12.2 Å². The van der Waals surface area contributed by atoms with Crippen molar-refractivity contribution in [3.63, 3.8) is 0 Å². The van der Waals surface area contributed by atoms with Crippen LogP contribution in [0.4, 0.5) is 5.69 Å². The molecule has 0 atom stereocenters. The van der Waals surface area contributed by atoms with Crippen molar-refractivity contribution in [2.45, 2.75) is 33.1 Å². The molecule has 2 aromatic carbocycles. The minimum Gasteiger partial charge on any atom is -0.494 e. The van der Waals surface area contributed by atoms with Crippen molar-refractivity contribution in [1.82, 2.24) is 0 Å². The lowest BCUT2D eigenvalue weighted by Gasteiger charge is -2.17. The summed E-state index contributed by atoms with van der Waals surface area (Å²) >= 11 is 0. The van der Waals surface area contributed by atoms with Crippen molar-refractivity contribution in [3.05, 3.63) is 54.1 Å². The third-order valence-corrected chi connectivity index (χ3v) is 5.55. The molecule has 0 aliphatic heterocycles. The van der Waals surface area contributed by atoms with E-state index in [2.05, 4.69) is 61.4 Å². The predicted molar refractivity (Wildman–Crippen MR) is 94.4 cm³/mol. The smallest absolute Gasteiger partial charge is 0.119 e. The van der Waals surface area contributed by atoms with Crippen LogP contribution >= 0.6 is 0 Å². The summed E-state index contributed by atoms with van der Waals surface area (Å²) in [5.74, 6) is 0.919. The van der Waals surface area contributed by atoms with E-state index in [1.807, 2.05) is 19.1 Å². The normalized spacial score (nSPS) is 11.2. The van der Waals surface area contributed by atoms with Crippen LogP contribution in [0.1, 0.15) is 12.5 Å². The Morgan fingerprint density at radius 1 is 0.905 bits per heavy atom. The molecular weight excluding hydrogens is 274 g/mol. The molecule has 0 radical (unpaired) electrons. The van der Waals surface area contributed by atoms with Gasteiger partial charge >= 0.3 is 0 Å². The summed E-state index contributed by atoms with van der Waals surface area (Å²) in [4.78, 5) is 0. The monoisotopic (exact) mass is 299 g/mol. The van der Waals surface area contributed by atoms with Gasteiger partial charge in [-0.3, -0.25) is 0 Å². The third-order valence-electron chi connectivity index (χ3n) is 3.48. The molecule has 0 spiro atoms. The number of nitrogens with one attached hydrogen (secondary N) is 1. The van der Waals surface area contributed by atoms with Crippen molar-refractivity contribution < 1.29 is 4.74 Å². The van der Waals surface area contributed by atoms with E-state index in [1.165, 1.54) is 10.8 Å². The standard InChI is InChI=1S/C18H25NOSi/c1-5-20-17-10-8-16(9-11-17)19-14-15-6-12-18(13-7-15)21(2,3)4/h6-13,19H,5,14H2,1-4H3. The number of anilines is 1. The lowest BCUT2D eigenvalue weighted by Crippen LogP contribution is -2.37. The Hall–Kier alpha value is -1.74. The van der Waals surface area contributed by atoms with Gasteiger partial charge in [0.15, 0.2) is 0 Å². The van der Waals surface area contributed by atoms with Crippen LogP contribution in [0.25, 0.3) is 0 Å². The van der Waals surface area contributed by atoms with E-state index in [4.69, 9.17) is 4.74 Å². The third kappa shape index (κ3) is 4.64. The van der Waals surface area contributed by atoms with E-state index < -0.39 is 8.07 Å². The Morgan fingerprint density at radius 3 is 2.05 bits per heavy atom. The molecule has 2 aromatic rings. The van der Waals surface area contributed by atoms with Crippen LogP contribution in [-0.2, 0) is 6.54 Å². The van der Waals surface area contributed by atoms with Crippen LogP contribution < -0.4 is 15.2 Å². The van der Waals surface area contributed by atoms with Crippen molar-refractivity contribution in [2.24, 2.45) is 0 Å². The van der Waals surface area contributed by atoms with E-state index in [0.717, 1.165) is 18.0 Å². The number of rotatable bonds is 6. The van der Waals surface area contributed by atoms with E-state index >= 15 is 0 Å². The zero-order valence-corrected chi connectivity index (χ0v) is 14.4. The first-order chi connectivity index (χ1) is 9.99. The van der Waals surface area contributed by atoms with E-state index in [-0.39, 0.29) is 0 Å². The molecule has 0 saturated heterocycles. The maximum Gasteiger partial charge on any atom is 0.119 e. The van der Waals surface area contributed by atoms with Gasteiger partial charge in [-0.2, -0.15) is 0 Å². The van der Waals surface area contributed by atoms with Gasteiger partial charge in [-0.05, 0) is 36.8 Å². The van der Waals surface area contributed by atoms with Gasteiger partial charge in [-0.15, -0.1) is 0 Å². The molecule has 0 amide bonds. The fourth-order valence-electron chi connectivity index (χ4n) is 2.16. The van der Waals surface area contributed by atoms with Crippen molar-refractivity contribution in [1.29, 1.82) is 0 Å². The molecular formula is C18H25NOSi. The fraction of sp³-hybridized carbons (Fsp3) is 0.333. The van der Waals surface area contributed by atoms with Gasteiger partial charge < -0.3 is 10.1 Å². The number of ether oxygens (including phenoxy) is 1. The van der Waals surface area contributed by atoms with Crippen LogP contribution in [0.15, 0.2) is 48.5 Å². The van der Waals surface area contributed by atoms with Gasteiger partial charge in [0.2, 0.25) is 0 Å². The Labute approximate surface area is 129 Å². The first-order valence-electron chi connectivity index (χ1n) is 7.55.